The Bertz CT molecular complexity index is 445. The van der Waals surface area contributed by atoms with Crippen LogP contribution in [0.3, 0.4) is 0 Å². The van der Waals surface area contributed by atoms with E-state index in [4.69, 9.17) is 4.74 Å². The lowest BCUT2D eigenvalue weighted by Gasteiger charge is -2.10. The van der Waals surface area contributed by atoms with Gasteiger partial charge in [-0.1, -0.05) is 6.92 Å². The zero-order valence-corrected chi connectivity index (χ0v) is 14.0. The first-order chi connectivity index (χ1) is 10.2. The molecule has 8 heteroatoms. The molecule has 21 heavy (non-hydrogen) atoms. The molecule has 0 aliphatic carbocycles. The molecule has 118 valence electrons. The molecule has 1 aromatic heterocycles. The van der Waals surface area contributed by atoms with Crippen LogP contribution in [0.15, 0.2) is 10.7 Å². The molecule has 0 aliphatic rings. The number of halogens is 1. The Balaban J connectivity index is 2.38. The summed E-state index contributed by atoms with van der Waals surface area (Å²) in [7, 11) is 1.60. The molecular weight excluding hydrogens is 338 g/mol. The number of aromatic nitrogens is 2. The van der Waals surface area contributed by atoms with E-state index in [-0.39, 0.29) is 5.91 Å². The summed E-state index contributed by atoms with van der Waals surface area (Å²) in [5.41, 5.74) is 0. The van der Waals surface area contributed by atoms with Crippen LogP contribution in [0, 0.1) is 0 Å². The summed E-state index contributed by atoms with van der Waals surface area (Å²) >= 11 is 3.38. The molecule has 0 radical (unpaired) electrons. The van der Waals surface area contributed by atoms with Crippen molar-refractivity contribution in [3.8, 4) is 0 Å². The summed E-state index contributed by atoms with van der Waals surface area (Å²) in [5, 5.41) is 9.00. The SMILES string of the molecule is CCCNc1ncc(Br)c(NCCC(=O)NCCOC)n1. The largest absolute Gasteiger partial charge is 0.383 e. The predicted molar refractivity (Wildman–Crippen MR) is 86.5 cm³/mol. The van der Waals surface area contributed by atoms with Gasteiger partial charge in [-0.05, 0) is 22.4 Å². The molecule has 0 atom stereocenters. The van der Waals surface area contributed by atoms with Gasteiger partial charge in [0.05, 0.1) is 11.1 Å². The number of carbonyl (C=O) groups is 1. The van der Waals surface area contributed by atoms with Gasteiger partial charge in [0, 0.05) is 39.4 Å². The maximum atomic E-state index is 11.5. The highest BCUT2D eigenvalue weighted by Gasteiger charge is 2.06. The average molecular weight is 360 g/mol. The average Bonchev–Trinajstić information content (AvgIpc) is 2.48. The molecule has 1 heterocycles. The van der Waals surface area contributed by atoms with Crippen LogP contribution >= 0.6 is 15.9 Å². The predicted octanol–water partition coefficient (Wildman–Crippen LogP) is 1.63. The van der Waals surface area contributed by atoms with Crippen molar-refractivity contribution in [1.29, 1.82) is 0 Å². The van der Waals surface area contributed by atoms with Gasteiger partial charge in [-0.25, -0.2) is 4.98 Å². The zero-order chi connectivity index (χ0) is 15.5. The third-order valence-electron chi connectivity index (χ3n) is 2.55. The molecule has 3 N–H and O–H groups in total. The van der Waals surface area contributed by atoms with Crippen molar-refractivity contribution in [1.82, 2.24) is 15.3 Å². The number of rotatable bonds is 10. The molecular formula is C13H22BrN5O2. The monoisotopic (exact) mass is 359 g/mol. The number of ether oxygens (including phenoxy) is 1. The number of anilines is 2. The molecule has 7 nitrogen and oxygen atoms in total. The zero-order valence-electron chi connectivity index (χ0n) is 12.4. The Morgan fingerprint density at radius 3 is 2.86 bits per heavy atom. The van der Waals surface area contributed by atoms with E-state index in [1.54, 1.807) is 13.3 Å². The minimum atomic E-state index is -0.0194. The van der Waals surface area contributed by atoms with Crippen LogP contribution in [0.1, 0.15) is 19.8 Å². The van der Waals surface area contributed by atoms with Crippen LogP contribution in [0.5, 0.6) is 0 Å². The molecule has 0 saturated carbocycles. The second-order valence-corrected chi connectivity index (χ2v) is 5.19. The van der Waals surface area contributed by atoms with Crippen LogP contribution < -0.4 is 16.0 Å². The first-order valence-electron chi connectivity index (χ1n) is 6.93. The molecule has 0 bridgehead atoms. The Kier molecular flexibility index (Phi) is 8.68. The van der Waals surface area contributed by atoms with Gasteiger partial charge in [-0.3, -0.25) is 4.79 Å². The summed E-state index contributed by atoms with van der Waals surface area (Å²) in [5.74, 6) is 1.23. The van der Waals surface area contributed by atoms with Crippen molar-refractivity contribution < 1.29 is 9.53 Å². The maximum absolute atomic E-state index is 11.5. The number of nitrogens with zero attached hydrogens (tertiary/aromatic N) is 2. The lowest BCUT2D eigenvalue weighted by Crippen LogP contribution is -2.28. The summed E-state index contributed by atoms with van der Waals surface area (Å²) in [6, 6.07) is 0. The Morgan fingerprint density at radius 2 is 2.14 bits per heavy atom. The highest BCUT2D eigenvalue weighted by atomic mass is 79.9. The van der Waals surface area contributed by atoms with Crippen LogP contribution in [0.25, 0.3) is 0 Å². The van der Waals surface area contributed by atoms with Crippen molar-refractivity contribution in [2.45, 2.75) is 19.8 Å². The number of methoxy groups -OCH3 is 1. The second-order valence-electron chi connectivity index (χ2n) is 4.34. The molecule has 1 aromatic rings. The van der Waals surface area contributed by atoms with E-state index in [0.29, 0.717) is 37.9 Å². The lowest BCUT2D eigenvalue weighted by molar-refractivity contribution is -0.121. The fourth-order valence-electron chi connectivity index (χ4n) is 1.49. The van der Waals surface area contributed by atoms with Gasteiger partial charge >= 0.3 is 0 Å². The first kappa shape index (κ1) is 17.6. The highest BCUT2D eigenvalue weighted by Crippen LogP contribution is 2.19. The van der Waals surface area contributed by atoms with E-state index in [9.17, 15) is 4.79 Å². The Morgan fingerprint density at radius 1 is 1.33 bits per heavy atom. The topological polar surface area (TPSA) is 88.2 Å². The molecule has 0 spiro atoms. The van der Waals surface area contributed by atoms with Gasteiger partial charge < -0.3 is 20.7 Å². The Labute approximate surface area is 133 Å². The summed E-state index contributed by atoms with van der Waals surface area (Å²) in [6.07, 6.45) is 3.06. The van der Waals surface area contributed by atoms with Gasteiger partial charge in [0.25, 0.3) is 0 Å². The molecule has 0 aromatic carbocycles. The molecule has 0 saturated heterocycles. The van der Waals surface area contributed by atoms with Crippen LogP contribution in [-0.2, 0) is 9.53 Å². The minimum absolute atomic E-state index is 0.0194. The van der Waals surface area contributed by atoms with E-state index in [2.05, 4.69) is 48.8 Å². The number of nitrogens with one attached hydrogen (secondary N) is 3. The molecule has 0 aliphatic heterocycles. The molecule has 0 unspecified atom stereocenters. The van der Waals surface area contributed by atoms with Gasteiger partial charge in [0.1, 0.15) is 5.82 Å². The quantitative estimate of drug-likeness (QED) is 0.550. The fourth-order valence-corrected chi connectivity index (χ4v) is 1.82. The molecule has 1 amide bonds. The standard InChI is InChI=1S/C13H22BrN5O2/c1-3-5-17-13-18-9-10(14)12(19-13)16-6-4-11(20)15-7-8-21-2/h9H,3-8H2,1-2H3,(H,15,20)(H2,16,17,18,19). The van der Waals surface area contributed by atoms with Crippen LogP contribution in [0.2, 0.25) is 0 Å². The number of hydrogen-bond donors (Lipinski definition) is 3. The molecule has 1 rings (SSSR count). The Hall–Kier alpha value is -1.41. The van der Waals surface area contributed by atoms with Crippen molar-refractivity contribution in [3.05, 3.63) is 10.7 Å². The number of hydrogen-bond acceptors (Lipinski definition) is 6. The van der Waals surface area contributed by atoms with Gasteiger partial charge in [-0.15, -0.1) is 0 Å². The van der Waals surface area contributed by atoms with Crippen LogP contribution in [-0.4, -0.2) is 49.2 Å². The van der Waals surface area contributed by atoms with Gasteiger partial charge in [0.2, 0.25) is 11.9 Å². The van der Waals surface area contributed by atoms with Gasteiger partial charge in [-0.2, -0.15) is 4.98 Å². The van der Waals surface area contributed by atoms with Gasteiger partial charge in [0.15, 0.2) is 0 Å². The van der Waals surface area contributed by atoms with E-state index in [0.717, 1.165) is 17.4 Å². The summed E-state index contributed by atoms with van der Waals surface area (Å²) in [4.78, 5) is 20.1. The van der Waals surface area contributed by atoms with E-state index in [1.165, 1.54) is 0 Å². The van der Waals surface area contributed by atoms with Crippen molar-refractivity contribution in [2.75, 3.05) is 44.0 Å². The molecule has 0 fully saturated rings. The maximum Gasteiger partial charge on any atom is 0.224 e. The van der Waals surface area contributed by atoms with E-state index < -0.39 is 0 Å². The highest BCUT2D eigenvalue weighted by molar-refractivity contribution is 9.10. The number of carbonyl (C=O) groups excluding carboxylic acids is 1. The third kappa shape index (κ3) is 7.24. The summed E-state index contributed by atoms with van der Waals surface area (Å²) in [6.45, 7) is 4.44. The normalized spacial score (nSPS) is 10.2. The smallest absolute Gasteiger partial charge is 0.224 e. The van der Waals surface area contributed by atoms with Crippen LogP contribution in [0.4, 0.5) is 11.8 Å². The second kappa shape index (κ2) is 10.3. The van der Waals surface area contributed by atoms with E-state index in [1.807, 2.05) is 0 Å². The minimum Gasteiger partial charge on any atom is -0.383 e. The summed E-state index contributed by atoms with van der Waals surface area (Å²) < 4.78 is 5.63. The lowest BCUT2D eigenvalue weighted by atomic mass is 10.4. The van der Waals surface area contributed by atoms with Crippen molar-refractivity contribution >= 4 is 33.6 Å². The third-order valence-corrected chi connectivity index (χ3v) is 3.13. The van der Waals surface area contributed by atoms with Crippen molar-refractivity contribution in [2.24, 2.45) is 0 Å². The van der Waals surface area contributed by atoms with E-state index >= 15 is 0 Å². The first-order valence-corrected chi connectivity index (χ1v) is 7.72. The number of amides is 1. The fraction of sp³-hybridized carbons (Fsp3) is 0.615. The van der Waals surface area contributed by atoms with Crippen molar-refractivity contribution in [3.63, 3.8) is 0 Å².